The van der Waals surface area contributed by atoms with Gasteiger partial charge in [-0.25, -0.2) is 0 Å². The molecule has 3 rings (SSSR count). The Balaban J connectivity index is 1.69. The summed E-state index contributed by atoms with van der Waals surface area (Å²) in [5, 5.41) is 10.3. The highest BCUT2D eigenvalue weighted by Gasteiger charge is 2.32. The van der Waals surface area contributed by atoms with Gasteiger partial charge >= 0.3 is 0 Å². The van der Waals surface area contributed by atoms with Crippen LogP contribution in [0, 0.1) is 5.92 Å². The van der Waals surface area contributed by atoms with E-state index in [1.165, 1.54) is 18.2 Å². The summed E-state index contributed by atoms with van der Waals surface area (Å²) in [5.41, 5.74) is 0.182. The number of hydrogen-bond donors (Lipinski definition) is 1. The molecule has 24 heavy (non-hydrogen) atoms. The van der Waals surface area contributed by atoms with Crippen LogP contribution >= 0.6 is 11.6 Å². The van der Waals surface area contributed by atoms with Gasteiger partial charge in [0.25, 0.3) is 5.91 Å². The van der Waals surface area contributed by atoms with Crippen molar-refractivity contribution in [2.75, 3.05) is 39.4 Å². The van der Waals surface area contributed by atoms with Crippen LogP contribution in [0.1, 0.15) is 23.2 Å². The molecular formula is C17H21ClN2O4. The predicted octanol–water partition coefficient (Wildman–Crippen LogP) is 1.76. The SMILES string of the molecule is O=C(c1cc(Cl)ccc1O)N1CCCC(C(=O)N2CCOCC2)C1. The first-order valence-electron chi connectivity index (χ1n) is 8.20. The quantitative estimate of drug-likeness (QED) is 0.880. The molecule has 0 radical (unpaired) electrons. The number of likely N-dealkylation sites (tertiary alicyclic amines) is 1. The minimum atomic E-state index is -0.283. The Morgan fingerprint density at radius 2 is 1.92 bits per heavy atom. The molecule has 0 spiro atoms. The molecule has 2 aliphatic heterocycles. The minimum absolute atomic E-state index is 0.0890. The molecule has 1 N–H and O–H groups in total. The van der Waals surface area contributed by atoms with Gasteiger partial charge < -0.3 is 19.6 Å². The lowest BCUT2D eigenvalue weighted by Crippen LogP contribution is -2.49. The van der Waals surface area contributed by atoms with Crippen LogP contribution in [0.3, 0.4) is 0 Å². The van der Waals surface area contributed by atoms with Crippen molar-refractivity contribution in [1.82, 2.24) is 9.80 Å². The van der Waals surface area contributed by atoms with Crippen LogP contribution in [-0.4, -0.2) is 66.1 Å². The van der Waals surface area contributed by atoms with Gasteiger partial charge in [0.05, 0.1) is 24.7 Å². The number of aromatic hydroxyl groups is 1. The van der Waals surface area contributed by atoms with Crippen molar-refractivity contribution >= 4 is 23.4 Å². The number of halogens is 1. The van der Waals surface area contributed by atoms with Gasteiger partial charge in [-0.1, -0.05) is 11.6 Å². The van der Waals surface area contributed by atoms with Gasteiger partial charge in [-0.15, -0.1) is 0 Å². The molecule has 2 aliphatic rings. The Morgan fingerprint density at radius 3 is 2.67 bits per heavy atom. The summed E-state index contributed by atoms with van der Waals surface area (Å²) in [6.07, 6.45) is 1.55. The molecule has 2 amide bonds. The van der Waals surface area contributed by atoms with E-state index in [0.717, 1.165) is 12.8 Å². The number of phenols is 1. The molecule has 130 valence electrons. The Morgan fingerprint density at radius 1 is 1.17 bits per heavy atom. The number of phenolic OH excluding ortho intramolecular Hbond substituents is 1. The Kier molecular flexibility index (Phi) is 5.26. The Bertz CT molecular complexity index is 631. The van der Waals surface area contributed by atoms with Gasteiger partial charge in [0, 0.05) is 31.2 Å². The largest absolute Gasteiger partial charge is 0.507 e. The molecule has 2 saturated heterocycles. The van der Waals surface area contributed by atoms with Crippen LogP contribution < -0.4 is 0 Å². The van der Waals surface area contributed by atoms with Crippen molar-refractivity contribution in [3.8, 4) is 5.75 Å². The second-order valence-electron chi connectivity index (χ2n) is 6.19. The van der Waals surface area contributed by atoms with Crippen LogP contribution in [0.15, 0.2) is 18.2 Å². The standard InChI is InChI=1S/C17H21ClN2O4/c18-13-3-4-15(21)14(10-13)17(23)20-5-1-2-12(11-20)16(22)19-6-8-24-9-7-19/h3-4,10,12,21H,1-2,5-9,11H2. The maximum atomic E-state index is 12.7. The zero-order valence-corrected chi connectivity index (χ0v) is 14.2. The van der Waals surface area contributed by atoms with E-state index in [9.17, 15) is 14.7 Å². The molecule has 2 heterocycles. The highest BCUT2D eigenvalue weighted by molar-refractivity contribution is 6.31. The molecule has 2 fully saturated rings. The fourth-order valence-corrected chi connectivity index (χ4v) is 3.43. The average molecular weight is 353 g/mol. The molecule has 7 heteroatoms. The average Bonchev–Trinajstić information content (AvgIpc) is 2.63. The van der Waals surface area contributed by atoms with Crippen molar-refractivity contribution < 1.29 is 19.4 Å². The fraction of sp³-hybridized carbons (Fsp3) is 0.529. The number of carbonyl (C=O) groups is 2. The summed E-state index contributed by atoms with van der Waals surface area (Å²) in [7, 11) is 0. The van der Waals surface area contributed by atoms with Crippen LogP contribution in [-0.2, 0) is 9.53 Å². The number of nitrogens with zero attached hydrogens (tertiary/aromatic N) is 2. The van der Waals surface area contributed by atoms with Gasteiger partial charge in [-0.2, -0.15) is 0 Å². The lowest BCUT2D eigenvalue weighted by atomic mass is 9.95. The van der Waals surface area contributed by atoms with E-state index in [1.54, 1.807) is 4.90 Å². The third-order valence-electron chi connectivity index (χ3n) is 4.57. The number of amides is 2. The predicted molar refractivity (Wildman–Crippen MR) is 89.1 cm³/mol. The number of rotatable bonds is 2. The zero-order valence-electron chi connectivity index (χ0n) is 13.4. The van der Waals surface area contributed by atoms with Crippen molar-refractivity contribution in [1.29, 1.82) is 0 Å². The van der Waals surface area contributed by atoms with Crippen LogP contribution in [0.2, 0.25) is 5.02 Å². The van der Waals surface area contributed by atoms with E-state index >= 15 is 0 Å². The molecule has 0 aromatic heterocycles. The van der Waals surface area contributed by atoms with Gasteiger partial charge in [-0.3, -0.25) is 9.59 Å². The molecule has 6 nitrogen and oxygen atoms in total. The summed E-state index contributed by atoms with van der Waals surface area (Å²) in [4.78, 5) is 28.8. The smallest absolute Gasteiger partial charge is 0.257 e. The van der Waals surface area contributed by atoms with E-state index in [-0.39, 0.29) is 29.0 Å². The maximum absolute atomic E-state index is 12.7. The summed E-state index contributed by atoms with van der Waals surface area (Å²) < 4.78 is 5.28. The Labute approximate surface area is 145 Å². The molecular weight excluding hydrogens is 332 g/mol. The number of morpholine rings is 1. The monoisotopic (exact) mass is 352 g/mol. The second kappa shape index (κ2) is 7.40. The van der Waals surface area contributed by atoms with E-state index < -0.39 is 0 Å². The number of benzene rings is 1. The molecule has 0 bridgehead atoms. The molecule has 0 saturated carbocycles. The number of carbonyl (C=O) groups excluding carboxylic acids is 2. The third-order valence-corrected chi connectivity index (χ3v) is 4.80. The zero-order chi connectivity index (χ0) is 17.1. The molecule has 1 aromatic rings. The topological polar surface area (TPSA) is 70.1 Å². The van der Waals surface area contributed by atoms with E-state index in [1.807, 2.05) is 4.90 Å². The number of ether oxygens (including phenoxy) is 1. The van der Waals surface area contributed by atoms with Crippen LogP contribution in [0.5, 0.6) is 5.75 Å². The summed E-state index contributed by atoms with van der Waals surface area (Å²) in [6.45, 7) is 3.31. The van der Waals surface area contributed by atoms with Crippen molar-refractivity contribution in [3.05, 3.63) is 28.8 Å². The highest BCUT2D eigenvalue weighted by Crippen LogP contribution is 2.26. The maximum Gasteiger partial charge on any atom is 0.257 e. The first-order chi connectivity index (χ1) is 11.6. The van der Waals surface area contributed by atoms with Crippen LogP contribution in [0.25, 0.3) is 0 Å². The summed E-state index contributed by atoms with van der Waals surface area (Å²) in [6, 6.07) is 4.41. The van der Waals surface area contributed by atoms with Gasteiger partial charge in [0.2, 0.25) is 5.91 Å². The molecule has 1 aromatic carbocycles. The highest BCUT2D eigenvalue weighted by atomic mass is 35.5. The van der Waals surface area contributed by atoms with Crippen molar-refractivity contribution in [2.24, 2.45) is 5.92 Å². The molecule has 1 unspecified atom stereocenters. The first kappa shape index (κ1) is 17.0. The normalized spacial score (nSPS) is 21.6. The Hall–Kier alpha value is -1.79. The summed E-state index contributed by atoms with van der Waals surface area (Å²) in [5.74, 6) is -0.478. The molecule has 0 aliphatic carbocycles. The van der Waals surface area contributed by atoms with E-state index in [2.05, 4.69) is 0 Å². The minimum Gasteiger partial charge on any atom is -0.507 e. The third kappa shape index (κ3) is 3.65. The van der Waals surface area contributed by atoms with Gasteiger partial charge in [0.15, 0.2) is 0 Å². The first-order valence-corrected chi connectivity index (χ1v) is 8.58. The van der Waals surface area contributed by atoms with Gasteiger partial charge in [0.1, 0.15) is 5.75 Å². The number of hydrogen-bond acceptors (Lipinski definition) is 4. The van der Waals surface area contributed by atoms with Gasteiger partial charge in [-0.05, 0) is 31.0 Å². The lowest BCUT2D eigenvalue weighted by Gasteiger charge is -2.36. The van der Waals surface area contributed by atoms with Crippen LogP contribution in [0.4, 0.5) is 0 Å². The van der Waals surface area contributed by atoms with Crippen molar-refractivity contribution in [3.63, 3.8) is 0 Å². The fourth-order valence-electron chi connectivity index (χ4n) is 3.26. The lowest BCUT2D eigenvalue weighted by molar-refractivity contribution is -0.141. The van der Waals surface area contributed by atoms with E-state index in [4.69, 9.17) is 16.3 Å². The van der Waals surface area contributed by atoms with E-state index in [0.29, 0.717) is 44.4 Å². The molecule has 1 atom stereocenters. The number of piperidine rings is 1. The summed E-state index contributed by atoms with van der Waals surface area (Å²) >= 11 is 5.93. The second-order valence-corrected chi connectivity index (χ2v) is 6.63. The van der Waals surface area contributed by atoms with Crippen molar-refractivity contribution in [2.45, 2.75) is 12.8 Å².